The first-order valence-corrected chi connectivity index (χ1v) is 10.4. The number of ether oxygens (including phenoxy) is 1. The van der Waals surface area contributed by atoms with E-state index in [9.17, 15) is 10.1 Å². The Morgan fingerprint density at radius 2 is 1.68 bits per heavy atom. The van der Waals surface area contributed by atoms with Gasteiger partial charge in [0.2, 0.25) is 5.82 Å². The molecule has 2 aromatic carbocycles. The molecule has 0 unspecified atom stereocenters. The molecule has 160 valence electrons. The van der Waals surface area contributed by atoms with Crippen LogP contribution in [0.3, 0.4) is 0 Å². The Morgan fingerprint density at radius 3 is 2.32 bits per heavy atom. The van der Waals surface area contributed by atoms with E-state index in [0.29, 0.717) is 24.7 Å². The van der Waals surface area contributed by atoms with Crippen molar-refractivity contribution in [1.82, 2.24) is 14.9 Å². The number of piperazine rings is 1. The fourth-order valence-electron chi connectivity index (χ4n) is 3.68. The molecule has 1 aliphatic heterocycles. The lowest BCUT2D eigenvalue weighted by molar-refractivity contribution is -0.385. The van der Waals surface area contributed by atoms with Crippen LogP contribution < -0.4 is 9.64 Å². The minimum Gasteiger partial charge on any atom is -0.434 e. The molecule has 1 saturated heterocycles. The highest BCUT2D eigenvalue weighted by atomic mass is 16.6. The normalized spacial score (nSPS) is 14.4. The molecule has 0 saturated carbocycles. The summed E-state index contributed by atoms with van der Waals surface area (Å²) in [6.45, 7) is 5.82. The van der Waals surface area contributed by atoms with Crippen LogP contribution in [0, 0.1) is 10.1 Å². The number of aryl methyl sites for hydroxylation is 1. The molecule has 0 aliphatic carbocycles. The van der Waals surface area contributed by atoms with Gasteiger partial charge in [-0.25, -0.2) is 4.98 Å². The van der Waals surface area contributed by atoms with Crippen LogP contribution in [0.2, 0.25) is 0 Å². The van der Waals surface area contributed by atoms with Gasteiger partial charge >= 0.3 is 11.6 Å². The monoisotopic (exact) mass is 419 g/mol. The first-order valence-electron chi connectivity index (χ1n) is 10.4. The molecule has 0 N–H and O–H groups in total. The van der Waals surface area contributed by atoms with E-state index in [2.05, 4.69) is 33.9 Å². The summed E-state index contributed by atoms with van der Waals surface area (Å²) in [4.78, 5) is 24.0. The maximum Gasteiger partial charge on any atom is 0.373 e. The Bertz CT molecular complexity index is 1020. The third-order valence-electron chi connectivity index (χ3n) is 5.42. The predicted octanol–water partition coefficient (Wildman–Crippen LogP) is 4.06. The Labute approximate surface area is 181 Å². The van der Waals surface area contributed by atoms with Gasteiger partial charge in [0.25, 0.3) is 0 Å². The van der Waals surface area contributed by atoms with Gasteiger partial charge in [0.05, 0.1) is 4.92 Å². The Morgan fingerprint density at radius 1 is 0.968 bits per heavy atom. The topological polar surface area (TPSA) is 84.6 Å². The van der Waals surface area contributed by atoms with Gasteiger partial charge in [0.15, 0.2) is 0 Å². The molecule has 1 fully saturated rings. The third-order valence-corrected chi connectivity index (χ3v) is 5.42. The fraction of sp³-hybridized carbons (Fsp3) is 0.304. The molecule has 0 spiro atoms. The van der Waals surface area contributed by atoms with Gasteiger partial charge in [0, 0.05) is 32.7 Å². The summed E-state index contributed by atoms with van der Waals surface area (Å²) in [6.07, 6.45) is 2.24. The smallest absolute Gasteiger partial charge is 0.373 e. The second-order valence-corrected chi connectivity index (χ2v) is 7.46. The van der Waals surface area contributed by atoms with Crippen molar-refractivity contribution in [3.05, 3.63) is 82.2 Å². The van der Waals surface area contributed by atoms with E-state index in [0.717, 1.165) is 26.1 Å². The lowest BCUT2D eigenvalue weighted by Crippen LogP contribution is -2.46. The van der Waals surface area contributed by atoms with Crippen molar-refractivity contribution >= 4 is 11.5 Å². The summed E-state index contributed by atoms with van der Waals surface area (Å²) in [5, 5.41) is 11.9. The largest absolute Gasteiger partial charge is 0.434 e. The van der Waals surface area contributed by atoms with Crippen LogP contribution in [0.25, 0.3) is 0 Å². The molecule has 31 heavy (non-hydrogen) atoms. The van der Waals surface area contributed by atoms with Crippen molar-refractivity contribution in [2.75, 3.05) is 31.1 Å². The van der Waals surface area contributed by atoms with Crippen molar-refractivity contribution in [2.24, 2.45) is 0 Å². The van der Waals surface area contributed by atoms with Gasteiger partial charge in [0.1, 0.15) is 12.1 Å². The van der Waals surface area contributed by atoms with Gasteiger partial charge in [-0.1, -0.05) is 49.4 Å². The van der Waals surface area contributed by atoms with Crippen LogP contribution in [0.5, 0.6) is 11.6 Å². The van der Waals surface area contributed by atoms with E-state index in [-0.39, 0.29) is 11.6 Å². The first kappa shape index (κ1) is 20.7. The predicted molar refractivity (Wildman–Crippen MR) is 119 cm³/mol. The van der Waals surface area contributed by atoms with Crippen molar-refractivity contribution < 1.29 is 9.66 Å². The highest BCUT2D eigenvalue weighted by molar-refractivity contribution is 5.63. The highest BCUT2D eigenvalue weighted by Gasteiger charge is 2.30. The number of benzene rings is 2. The number of hydrogen-bond acceptors (Lipinski definition) is 7. The number of anilines is 1. The zero-order valence-corrected chi connectivity index (χ0v) is 17.5. The number of rotatable bonds is 7. The molecule has 4 rings (SSSR count). The third kappa shape index (κ3) is 4.97. The maximum absolute atomic E-state index is 11.9. The van der Waals surface area contributed by atoms with Gasteiger partial charge in [-0.3, -0.25) is 15.0 Å². The van der Waals surface area contributed by atoms with E-state index in [1.54, 1.807) is 12.1 Å². The number of aromatic nitrogens is 2. The summed E-state index contributed by atoms with van der Waals surface area (Å²) in [7, 11) is 0. The van der Waals surface area contributed by atoms with Crippen molar-refractivity contribution in [1.29, 1.82) is 0 Å². The average Bonchev–Trinajstić information content (AvgIpc) is 2.80. The van der Waals surface area contributed by atoms with Crippen LogP contribution in [-0.2, 0) is 13.0 Å². The molecular weight excluding hydrogens is 394 g/mol. The molecule has 1 aliphatic rings. The van der Waals surface area contributed by atoms with Crippen LogP contribution in [0.4, 0.5) is 11.5 Å². The molecule has 0 bridgehead atoms. The minimum atomic E-state index is -0.457. The van der Waals surface area contributed by atoms with Crippen LogP contribution >= 0.6 is 0 Å². The van der Waals surface area contributed by atoms with Gasteiger partial charge in [-0.15, -0.1) is 0 Å². The average molecular weight is 419 g/mol. The quantitative estimate of drug-likeness (QED) is 0.422. The zero-order chi connectivity index (χ0) is 21.6. The van der Waals surface area contributed by atoms with Crippen LogP contribution in [0.1, 0.15) is 18.1 Å². The Kier molecular flexibility index (Phi) is 6.37. The summed E-state index contributed by atoms with van der Waals surface area (Å²) < 4.78 is 5.77. The van der Waals surface area contributed by atoms with Crippen molar-refractivity contribution in [3.8, 4) is 11.6 Å². The molecule has 0 amide bonds. The van der Waals surface area contributed by atoms with Crippen LogP contribution in [0.15, 0.2) is 60.9 Å². The van der Waals surface area contributed by atoms with E-state index >= 15 is 0 Å². The second-order valence-electron chi connectivity index (χ2n) is 7.46. The van der Waals surface area contributed by atoms with E-state index in [4.69, 9.17) is 4.74 Å². The van der Waals surface area contributed by atoms with Crippen LogP contribution in [-0.4, -0.2) is 46.0 Å². The van der Waals surface area contributed by atoms with Gasteiger partial charge in [-0.2, -0.15) is 4.98 Å². The Hall–Kier alpha value is -3.52. The first-order chi connectivity index (χ1) is 15.1. The van der Waals surface area contributed by atoms with Crippen molar-refractivity contribution in [2.45, 2.75) is 19.9 Å². The molecule has 8 heteroatoms. The summed E-state index contributed by atoms with van der Waals surface area (Å²) in [5.74, 6) is 0.781. The molecule has 8 nitrogen and oxygen atoms in total. The minimum absolute atomic E-state index is 0.0361. The SMILES string of the molecule is CCc1ccc(Oc2ncnc(N3CCN(Cc4ccccc4)CC3)c2[N+](=O)[O-])cc1. The summed E-state index contributed by atoms with van der Waals surface area (Å²) in [5.41, 5.74) is 2.23. The highest BCUT2D eigenvalue weighted by Crippen LogP contribution is 2.36. The number of nitrogens with zero attached hydrogens (tertiary/aromatic N) is 5. The van der Waals surface area contributed by atoms with Gasteiger partial charge < -0.3 is 9.64 Å². The molecule has 1 aromatic heterocycles. The van der Waals surface area contributed by atoms with E-state index in [1.165, 1.54) is 17.5 Å². The number of hydrogen-bond donors (Lipinski definition) is 0. The molecule has 0 atom stereocenters. The maximum atomic E-state index is 11.9. The van der Waals surface area contributed by atoms with E-state index < -0.39 is 4.92 Å². The summed E-state index contributed by atoms with van der Waals surface area (Å²) >= 11 is 0. The molecular formula is C23H25N5O3. The second kappa shape index (κ2) is 9.53. The summed E-state index contributed by atoms with van der Waals surface area (Å²) in [6, 6.07) is 17.8. The molecule has 3 aromatic rings. The standard InChI is InChI=1S/C23H25N5O3/c1-2-18-8-10-20(11-9-18)31-23-21(28(29)30)22(24-17-25-23)27-14-12-26(13-15-27)16-19-6-4-3-5-7-19/h3-11,17H,2,12-16H2,1H3. The molecule has 2 heterocycles. The fourth-order valence-corrected chi connectivity index (χ4v) is 3.68. The van der Waals surface area contributed by atoms with E-state index in [1.807, 2.05) is 35.2 Å². The van der Waals surface area contributed by atoms with Crippen molar-refractivity contribution in [3.63, 3.8) is 0 Å². The lowest BCUT2D eigenvalue weighted by Gasteiger charge is -2.35. The van der Waals surface area contributed by atoms with Gasteiger partial charge in [-0.05, 0) is 29.7 Å². The zero-order valence-electron chi connectivity index (χ0n) is 17.5. The molecule has 0 radical (unpaired) electrons. The number of nitro groups is 1. The lowest BCUT2D eigenvalue weighted by atomic mass is 10.2. The Balaban J connectivity index is 1.49.